The summed E-state index contributed by atoms with van der Waals surface area (Å²) in [4.78, 5) is 4.33. The molecule has 0 spiro atoms. The number of fused-ring (bicyclic) bond motifs is 1. The molecule has 0 saturated heterocycles. The summed E-state index contributed by atoms with van der Waals surface area (Å²) in [6.07, 6.45) is 4.36. The highest BCUT2D eigenvalue weighted by Crippen LogP contribution is 2.30. The van der Waals surface area contributed by atoms with Crippen molar-refractivity contribution >= 4 is 20.8 Å². The molecule has 1 aliphatic carbocycles. The maximum atomic E-state index is 12.7. The molecule has 2 aromatic rings. The molecule has 1 heterocycles. The van der Waals surface area contributed by atoms with Crippen LogP contribution in [0.15, 0.2) is 41.6 Å². The lowest BCUT2D eigenvalue weighted by Crippen LogP contribution is -2.39. The van der Waals surface area contributed by atoms with Gasteiger partial charge in [0.2, 0.25) is 10.0 Å². The molecule has 0 unspecified atom stereocenters. The van der Waals surface area contributed by atoms with Crippen LogP contribution in [-0.2, 0) is 10.0 Å². The van der Waals surface area contributed by atoms with E-state index in [1.54, 1.807) is 37.6 Å². The smallest absolute Gasteiger partial charge is 0.243 e. The highest BCUT2D eigenvalue weighted by Gasteiger charge is 2.32. The van der Waals surface area contributed by atoms with Crippen LogP contribution in [0.3, 0.4) is 0 Å². The third-order valence-electron chi connectivity index (χ3n) is 4.06. The minimum atomic E-state index is -3.53. The Labute approximate surface area is 124 Å². The Morgan fingerprint density at radius 1 is 1.33 bits per heavy atom. The van der Waals surface area contributed by atoms with E-state index in [1.807, 2.05) is 6.07 Å². The maximum Gasteiger partial charge on any atom is 0.243 e. The predicted molar refractivity (Wildman–Crippen MR) is 80.3 cm³/mol. The second-order valence-electron chi connectivity index (χ2n) is 5.63. The normalized spacial score (nSPS) is 22.4. The molecule has 0 radical (unpaired) electrons. The standard InChI is InChI=1S/C15H18N2O3S/c1-17(10-11-7-13(18)8-11)21(19,20)15-4-2-3-12-9-16-6-5-14(12)15/h2-6,9,11,13,18H,7-8,10H2,1H3. The molecule has 112 valence electrons. The number of aliphatic hydroxyl groups is 1. The summed E-state index contributed by atoms with van der Waals surface area (Å²) in [5.74, 6) is 0.247. The lowest BCUT2D eigenvalue weighted by atomic mass is 9.82. The topological polar surface area (TPSA) is 70.5 Å². The van der Waals surface area contributed by atoms with Crippen molar-refractivity contribution in [2.24, 2.45) is 5.92 Å². The molecule has 1 aliphatic rings. The van der Waals surface area contributed by atoms with E-state index in [0.717, 1.165) is 5.39 Å². The van der Waals surface area contributed by atoms with Gasteiger partial charge in [-0.15, -0.1) is 0 Å². The summed E-state index contributed by atoms with van der Waals surface area (Å²) in [5.41, 5.74) is 0. The average Bonchev–Trinajstić information content (AvgIpc) is 2.44. The van der Waals surface area contributed by atoms with Crippen molar-refractivity contribution in [3.05, 3.63) is 36.7 Å². The molecule has 3 rings (SSSR count). The average molecular weight is 306 g/mol. The van der Waals surface area contributed by atoms with Gasteiger partial charge in [0.25, 0.3) is 0 Å². The maximum absolute atomic E-state index is 12.7. The van der Waals surface area contributed by atoms with Crippen LogP contribution in [0.4, 0.5) is 0 Å². The van der Waals surface area contributed by atoms with Gasteiger partial charge in [-0.25, -0.2) is 12.7 Å². The zero-order valence-electron chi connectivity index (χ0n) is 11.8. The molecule has 1 fully saturated rings. The van der Waals surface area contributed by atoms with Crippen LogP contribution >= 0.6 is 0 Å². The van der Waals surface area contributed by atoms with Gasteiger partial charge in [-0.3, -0.25) is 4.98 Å². The van der Waals surface area contributed by atoms with E-state index in [1.165, 1.54) is 4.31 Å². The number of sulfonamides is 1. The van der Waals surface area contributed by atoms with E-state index < -0.39 is 10.0 Å². The minimum absolute atomic E-state index is 0.247. The van der Waals surface area contributed by atoms with Crippen LogP contribution in [-0.4, -0.2) is 42.5 Å². The molecule has 5 nitrogen and oxygen atoms in total. The van der Waals surface area contributed by atoms with E-state index >= 15 is 0 Å². The Hall–Kier alpha value is -1.50. The summed E-state index contributed by atoms with van der Waals surface area (Å²) >= 11 is 0. The summed E-state index contributed by atoms with van der Waals surface area (Å²) < 4.78 is 26.9. The lowest BCUT2D eigenvalue weighted by molar-refractivity contribution is 0.0367. The zero-order chi connectivity index (χ0) is 15.0. The fourth-order valence-corrected chi connectivity index (χ4v) is 4.25. The summed E-state index contributed by atoms with van der Waals surface area (Å²) in [6, 6.07) is 6.94. The van der Waals surface area contributed by atoms with Gasteiger partial charge >= 0.3 is 0 Å². The van der Waals surface area contributed by atoms with Crippen LogP contribution in [0.5, 0.6) is 0 Å². The number of benzene rings is 1. The van der Waals surface area contributed by atoms with Crippen LogP contribution < -0.4 is 0 Å². The van der Waals surface area contributed by atoms with Crippen molar-refractivity contribution in [2.75, 3.05) is 13.6 Å². The Balaban J connectivity index is 1.92. The molecule has 21 heavy (non-hydrogen) atoms. The number of hydrogen-bond donors (Lipinski definition) is 1. The molecule has 1 aromatic carbocycles. The molecule has 0 bridgehead atoms. The van der Waals surface area contributed by atoms with E-state index in [4.69, 9.17) is 0 Å². The largest absolute Gasteiger partial charge is 0.393 e. The predicted octanol–water partition coefficient (Wildman–Crippen LogP) is 1.63. The highest BCUT2D eigenvalue weighted by molar-refractivity contribution is 7.89. The van der Waals surface area contributed by atoms with Gasteiger partial charge in [0, 0.05) is 36.8 Å². The van der Waals surface area contributed by atoms with Crippen molar-refractivity contribution in [3.8, 4) is 0 Å². The monoisotopic (exact) mass is 306 g/mol. The fourth-order valence-electron chi connectivity index (χ4n) is 2.80. The Bertz CT molecular complexity index is 749. The molecule has 1 N–H and O–H groups in total. The van der Waals surface area contributed by atoms with Gasteiger partial charge in [-0.05, 0) is 30.9 Å². The zero-order valence-corrected chi connectivity index (χ0v) is 12.6. The van der Waals surface area contributed by atoms with Crippen molar-refractivity contribution in [1.82, 2.24) is 9.29 Å². The van der Waals surface area contributed by atoms with E-state index in [-0.39, 0.29) is 12.0 Å². The van der Waals surface area contributed by atoms with Gasteiger partial charge in [-0.1, -0.05) is 12.1 Å². The second-order valence-corrected chi connectivity index (χ2v) is 7.64. The summed E-state index contributed by atoms with van der Waals surface area (Å²) in [5, 5.41) is 10.8. The van der Waals surface area contributed by atoms with E-state index in [9.17, 15) is 13.5 Å². The number of aromatic nitrogens is 1. The van der Waals surface area contributed by atoms with Crippen molar-refractivity contribution in [1.29, 1.82) is 0 Å². The first-order valence-electron chi connectivity index (χ1n) is 6.95. The van der Waals surface area contributed by atoms with Gasteiger partial charge in [0.05, 0.1) is 11.0 Å². The molecule has 1 saturated carbocycles. The minimum Gasteiger partial charge on any atom is -0.393 e. The molecule has 6 heteroatoms. The SMILES string of the molecule is CN(CC1CC(O)C1)S(=O)(=O)c1cccc2cnccc12. The number of pyridine rings is 1. The van der Waals surface area contributed by atoms with E-state index in [2.05, 4.69) is 4.98 Å². The summed E-state index contributed by atoms with van der Waals surface area (Å²) in [7, 11) is -1.93. The van der Waals surface area contributed by atoms with Crippen molar-refractivity contribution < 1.29 is 13.5 Å². The Morgan fingerprint density at radius 2 is 2.10 bits per heavy atom. The second kappa shape index (κ2) is 5.36. The van der Waals surface area contributed by atoms with Gasteiger partial charge in [0.1, 0.15) is 0 Å². The highest BCUT2D eigenvalue weighted by atomic mass is 32.2. The first kappa shape index (κ1) is 14.4. The van der Waals surface area contributed by atoms with Gasteiger partial charge in [0.15, 0.2) is 0 Å². The number of aliphatic hydroxyl groups excluding tert-OH is 1. The third-order valence-corrected chi connectivity index (χ3v) is 5.94. The first-order valence-corrected chi connectivity index (χ1v) is 8.39. The molecule has 0 atom stereocenters. The number of nitrogens with zero attached hydrogens (tertiary/aromatic N) is 2. The quantitative estimate of drug-likeness (QED) is 0.932. The van der Waals surface area contributed by atoms with Crippen LogP contribution in [0.1, 0.15) is 12.8 Å². The summed E-state index contributed by atoms with van der Waals surface area (Å²) in [6.45, 7) is 0.445. The molecule has 0 amide bonds. The van der Waals surface area contributed by atoms with Crippen LogP contribution in [0.2, 0.25) is 0 Å². The van der Waals surface area contributed by atoms with Crippen molar-refractivity contribution in [2.45, 2.75) is 23.8 Å². The fraction of sp³-hybridized carbons (Fsp3) is 0.400. The molecule has 0 aliphatic heterocycles. The Kier molecular flexibility index (Phi) is 3.69. The van der Waals surface area contributed by atoms with Gasteiger partial charge in [-0.2, -0.15) is 0 Å². The van der Waals surface area contributed by atoms with Crippen LogP contribution in [0.25, 0.3) is 10.8 Å². The number of rotatable bonds is 4. The lowest BCUT2D eigenvalue weighted by Gasteiger charge is -2.34. The number of hydrogen-bond acceptors (Lipinski definition) is 4. The van der Waals surface area contributed by atoms with Gasteiger partial charge < -0.3 is 5.11 Å². The Morgan fingerprint density at radius 3 is 2.81 bits per heavy atom. The van der Waals surface area contributed by atoms with Crippen molar-refractivity contribution in [3.63, 3.8) is 0 Å². The molecular weight excluding hydrogens is 288 g/mol. The third kappa shape index (κ3) is 2.66. The van der Waals surface area contributed by atoms with E-state index in [0.29, 0.717) is 29.7 Å². The molecule has 1 aromatic heterocycles. The molecular formula is C15H18N2O3S. The van der Waals surface area contributed by atoms with Crippen LogP contribution in [0, 0.1) is 5.92 Å². The first-order chi connectivity index (χ1) is 9.98.